The Morgan fingerprint density at radius 3 is 2.76 bits per heavy atom. The Kier molecular flexibility index (Phi) is 6.37. The van der Waals surface area contributed by atoms with Gasteiger partial charge in [0.05, 0.1) is 32.2 Å². The maximum atomic E-state index is 6.24. The van der Waals surface area contributed by atoms with E-state index in [4.69, 9.17) is 21.1 Å². The molecule has 2 aliphatic heterocycles. The van der Waals surface area contributed by atoms with Crippen LogP contribution in [0.1, 0.15) is 24.3 Å². The minimum Gasteiger partial charge on any atom is -0.495 e. The highest BCUT2D eigenvalue weighted by atomic mass is 35.5. The van der Waals surface area contributed by atoms with Crippen molar-refractivity contribution in [2.75, 3.05) is 57.6 Å². The van der Waals surface area contributed by atoms with Crippen LogP contribution >= 0.6 is 11.6 Å². The zero-order chi connectivity index (χ0) is 20.2. The molecule has 0 spiro atoms. The molecular weight excluding hydrogens is 390 g/mol. The first kappa shape index (κ1) is 20.2. The van der Waals surface area contributed by atoms with E-state index in [1.807, 2.05) is 6.07 Å². The molecule has 1 aromatic carbocycles. The first-order valence-electron chi connectivity index (χ1n) is 10.1. The number of aromatic nitrogens is 2. The fourth-order valence-corrected chi connectivity index (χ4v) is 3.88. The maximum Gasteiger partial charge on any atom is 0.229 e. The second kappa shape index (κ2) is 9.15. The normalized spacial score (nSPS) is 18.3. The highest BCUT2D eigenvalue weighted by molar-refractivity contribution is 6.32. The molecule has 7 nitrogen and oxygen atoms in total. The fourth-order valence-electron chi connectivity index (χ4n) is 3.72. The summed E-state index contributed by atoms with van der Waals surface area (Å²) in [6, 6.07) is 6.35. The van der Waals surface area contributed by atoms with E-state index >= 15 is 0 Å². The van der Waals surface area contributed by atoms with Crippen molar-refractivity contribution in [3.63, 3.8) is 0 Å². The van der Waals surface area contributed by atoms with Gasteiger partial charge >= 0.3 is 0 Å². The maximum absolute atomic E-state index is 6.24. The van der Waals surface area contributed by atoms with Gasteiger partial charge in [0.25, 0.3) is 0 Å². The van der Waals surface area contributed by atoms with Gasteiger partial charge < -0.3 is 25.0 Å². The van der Waals surface area contributed by atoms with Gasteiger partial charge in [-0.15, -0.1) is 0 Å². The molecule has 2 N–H and O–H groups in total. The van der Waals surface area contributed by atoms with Gasteiger partial charge in [-0.05, 0) is 56.6 Å². The quantitative estimate of drug-likeness (QED) is 0.710. The number of nitrogens with zero attached hydrogens (tertiary/aromatic N) is 3. The Bertz CT molecular complexity index is 838. The van der Waals surface area contributed by atoms with Crippen LogP contribution in [0.4, 0.5) is 17.5 Å². The molecule has 2 aliphatic rings. The Hall–Kier alpha value is -2.09. The molecule has 2 aromatic rings. The van der Waals surface area contributed by atoms with Crippen LogP contribution in [0.25, 0.3) is 0 Å². The molecule has 8 heteroatoms. The monoisotopic (exact) mass is 417 g/mol. The zero-order valence-electron chi connectivity index (χ0n) is 16.9. The van der Waals surface area contributed by atoms with Crippen molar-refractivity contribution in [2.45, 2.75) is 18.8 Å². The second-order valence-corrected chi connectivity index (χ2v) is 8.24. The number of ether oxygens (including phenoxy) is 2. The molecule has 0 radical (unpaired) electrons. The largest absolute Gasteiger partial charge is 0.495 e. The summed E-state index contributed by atoms with van der Waals surface area (Å²) in [4.78, 5) is 11.2. The second-order valence-electron chi connectivity index (χ2n) is 7.84. The van der Waals surface area contributed by atoms with Gasteiger partial charge in [0.1, 0.15) is 10.8 Å². The molecule has 0 aliphatic carbocycles. The highest BCUT2D eigenvalue weighted by Gasteiger charge is 2.20. The van der Waals surface area contributed by atoms with E-state index < -0.39 is 0 Å². The van der Waals surface area contributed by atoms with Crippen LogP contribution < -0.4 is 15.4 Å². The first-order chi connectivity index (χ1) is 14.1. The van der Waals surface area contributed by atoms with Crippen LogP contribution in [0, 0.1) is 5.92 Å². The smallest absolute Gasteiger partial charge is 0.229 e. The molecule has 3 heterocycles. The lowest BCUT2D eigenvalue weighted by atomic mass is 9.89. The molecule has 2 saturated heterocycles. The number of halogens is 1. The average molecular weight is 418 g/mol. The Morgan fingerprint density at radius 2 is 2.07 bits per heavy atom. The molecule has 2 fully saturated rings. The summed E-state index contributed by atoms with van der Waals surface area (Å²) in [6.45, 7) is 4.61. The lowest BCUT2D eigenvalue weighted by Crippen LogP contribution is -2.33. The minimum absolute atomic E-state index is 0.479. The molecule has 0 saturated carbocycles. The van der Waals surface area contributed by atoms with Crippen molar-refractivity contribution in [2.24, 2.45) is 5.92 Å². The third kappa shape index (κ3) is 4.91. The van der Waals surface area contributed by atoms with E-state index in [9.17, 15) is 0 Å². The van der Waals surface area contributed by atoms with Gasteiger partial charge in [0, 0.05) is 12.5 Å². The van der Waals surface area contributed by atoms with Gasteiger partial charge in [-0.2, -0.15) is 4.98 Å². The summed E-state index contributed by atoms with van der Waals surface area (Å²) in [5.41, 5.74) is 2.16. The van der Waals surface area contributed by atoms with E-state index in [0.717, 1.165) is 44.3 Å². The third-order valence-corrected chi connectivity index (χ3v) is 5.95. The lowest BCUT2D eigenvalue weighted by Gasteiger charge is -2.29. The summed E-state index contributed by atoms with van der Waals surface area (Å²) in [7, 11) is 3.87. The van der Waals surface area contributed by atoms with Gasteiger partial charge in [0.15, 0.2) is 5.82 Å². The van der Waals surface area contributed by atoms with E-state index in [2.05, 4.69) is 44.7 Å². The standard InChI is InChI=1S/C21H28ClN5O2/c1-27-7-5-15(6-8-27)16-3-4-18(19(9-16)28-2)25-21-24-11-17(22)20(26-21)23-10-14-12-29-13-14/h3-4,9,11,14-15H,5-8,10,12-13H2,1-2H3,(H2,23,24,25,26). The van der Waals surface area contributed by atoms with Crippen molar-refractivity contribution in [1.82, 2.24) is 14.9 Å². The number of likely N-dealkylation sites (tertiary alicyclic amines) is 1. The molecular formula is C21H28ClN5O2. The van der Waals surface area contributed by atoms with Gasteiger partial charge in [-0.3, -0.25) is 0 Å². The molecule has 0 amide bonds. The van der Waals surface area contributed by atoms with Crippen molar-refractivity contribution in [3.05, 3.63) is 35.0 Å². The van der Waals surface area contributed by atoms with E-state index in [0.29, 0.717) is 28.6 Å². The number of nitrogens with one attached hydrogen (secondary N) is 2. The molecule has 29 heavy (non-hydrogen) atoms. The topological polar surface area (TPSA) is 71.5 Å². The van der Waals surface area contributed by atoms with Crippen LogP contribution in [0.2, 0.25) is 5.02 Å². The SMILES string of the molecule is COc1cc(C2CCN(C)CC2)ccc1Nc1ncc(Cl)c(NCC2COC2)n1. The molecule has 0 bridgehead atoms. The highest BCUT2D eigenvalue weighted by Crippen LogP contribution is 2.34. The number of anilines is 3. The van der Waals surface area contributed by atoms with Crippen molar-refractivity contribution in [3.8, 4) is 5.75 Å². The van der Waals surface area contributed by atoms with Crippen LogP contribution in [0.15, 0.2) is 24.4 Å². The van der Waals surface area contributed by atoms with E-state index in [1.165, 1.54) is 18.4 Å². The predicted octanol–water partition coefficient (Wildman–Crippen LogP) is 3.75. The molecule has 0 atom stereocenters. The number of hydrogen-bond donors (Lipinski definition) is 2. The van der Waals surface area contributed by atoms with Crippen LogP contribution in [-0.4, -0.2) is 61.9 Å². The predicted molar refractivity (Wildman–Crippen MR) is 116 cm³/mol. The van der Waals surface area contributed by atoms with Crippen LogP contribution in [-0.2, 0) is 4.74 Å². The van der Waals surface area contributed by atoms with Gasteiger partial charge in [0.2, 0.25) is 5.95 Å². The fraction of sp³-hybridized carbons (Fsp3) is 0.524. The van der Waals surface area contributed by atoms with Crippen molar-refractivity contribution >= 4 is 29.1 Å². The van der Waals surface area contributed by atoms with E-state index in [1.54, 1.807) is 13.3 Å². The van der Waals surface area contributed by atoms with Gasteiger partial charge in [-0.25, -0.2) is 4.98 Å². The summed E-state index contributed by atoms with van der Waals surface area (Å²) >= 11 is 6.24. The van der Waals surface area contributed by atoms with Gasteiger partial charge in [-0.1, -0.05) is 17.7 Å². The zero-order valence-corrected chi connectivity index (χ0v) is 17.7. The minimum atomic E-state index is 0.479. The van der Waals surface area contributed by atoms with Crippen LogP contribution in [0.5, 0.6) is 5.75 Å². The summed E-state index contributed by atoms with van der Waals surface area (Å²) < 4.78 is 10.8. The third-order valence-electron chi connectivity index (χ3n) is 5.67. The Labute approximate surface area is 176 Å². The van der Waals surface area contributed by atoms with Crippen LogP contribution in [0.3, 0.4) is 0 Å². The summed E-state index contributed by atoms with van der Waals surface area (Å²) in [5.74, 6) is 2.98. The molecule has 0 unspecified atom stereocenters. The van der Waals surface area contributed by atoms with Crippen molar-refractivity contribution < 1.29 is 9.47 Å². The Balaban J connectivity index is 1.46. The molecule has 4 rings (SSSR count). The lowest BCUT2D eigenvalue weighted by molar-refractivity contribution is -0.0248. The van der Waals surface area contributed by atoms with E-state index in [-0.39, 0.29) is 0 Å². The number of rotatable bonds is 7. The molecule has 156 valence electrons. The van der Waals surface area contributed by atoms with Crippen molar-refractivity contribution in [1.29, 1.82) is 0 Å². The summed E-state index contributed by atoms with van der Waals surface area (Å²) in [5, 5.41) is 7.05. The Morgan fingerprint density at radius 1 is 1.28 bits per heavy atom. The number of benzene rings is 1. The number of piperidine rings is 1. The summed E-state index contributed by atoms with van der Waals surface area (Å²) in [6.07, 6.45) is 3.96. The number of hydrogen-bond acceptors (Lipinski definition) is 7. The average Bonchev–Trinajstić information content (AvgIpc) is 2.70. The number of methoxy groups -OCH3 is 1. The first-order valence-corrected chi connectivity index (χ1v) is 10.5. The molecule has 1 aromatic heterocycles.